The van der Waals surface area contributed by atoms with Crippen molar-refractivity contribution in [3.63, 3.8) is 0 Å². The van der Waals surface area contributed by atoms with Crippen molar-refractivity contribution in [1.29, 1.82) is 0 Å². The lowest BCUT2D eigenvalue weighted by molar-refractivity contribution is 0.0848. The van der Waals surface area contributed by atoms with E-state index in [1.165, 1.54) is 57.8 Å². The number of nitrogens with one attached hydrogen (secondary N) is 1. The van der Waals surface area contributed by atoms with Gasteiger partial charge in [-0.3, -0.25) is 0 Å². The summed E-state index contributed by atoms with van der Waals surface area (Å²) in [6.07, 6.45) is 14.2. The fraction of sp³-hybridized carbons (Fsp3) is 0.619. The van der Waals surface area contributed by atoms with Crippen LogP contribution in [0.1, 0.15) is 64.7 Å². The summed E-state index contributed by atoms with van der Waals surface area (Å²) in [7, 11) is 0. The van der Waals surface area contributed by atoms with Crippen LogP contribution in [0.3, 0.4) is 0 Å². The first kappa shape index (κ1) is 15.9. The first-order chi connectivity index (χ1) is 11.7. The summed E-state index contributed by atoms with van der Waals surface area (Å²) >= 11 is 0. The molecule has 4 rings (SSSR count). The van der Waals surface area contributed by atoms with E-state index in [4.69, 9.17) is 0 Å². The smallest absolute Gasteiger partial charge is 0.137 e. The van der Waals surface area contributed by atoms with Crippen LogP contribution in [0.25, 0.3) is 10.9 Å². The van der Waals surface area contributed by atoms with E-state index in [9.17, 15) is 0 Å². The number of aromatic nitrogens is 2. The van der Waals surface area contributed by atoms with Gasteiger partial charge in [0, 0.05) is 11.4 Å². The van der Waals surface area contributed by atoms with E-state index in [0.29, 0.717) is 11.5 Å². The van der Waals surface area contributed by atoms with Crippen molar-refractivity contribution in [2.75, 3.05) is 5.32 Å². The van der Waals surface area contributed by atoms with E-state index >= 15 is 0 Å². The minimum Gasteiger partial charge on any atom is -0.367 e. The van der Waals surface area contributed by atoms with Crippen LogP contribution in [0.2, 0.25) is 0 Å². The normalized spacial score (nSPS) is 27.0. The van der Waals surface area contributed by atoms with E-state index in [2.05, 4.69) is 40.4 Å². The summed E-state index contributed by atoms with van der Waals surface area (Å²) in [5.41, 5.74) is 1.64. The summed E-state index contributed by atoms with van der Waals surface area (Å²) in [5.74, 6) is 1.94. The molecule has 0 radical (unpaired) electrons. The molecule has 1 aromatic carbocycles. The van der Waals surface area contributed by atoms with E-state index in [1.807, 2.05) is 6.07 Å². The predicted octanol–water partition coefficient (Wildman–Crippen LogP) is 5.57. The number of hydrogen-bond donors (Lipinski definition) is 1. The molecule has 1 aromatic heterocycles. The molecule has 0 atom stereocenters. The molecule has 0 bridgehead atoms. The zero-order chi connectivity index (χ0) is 16.4. The van der Waals surface area contributed by atoms with Crippen molar-refractivity contribution >= 4 is 16.7 Å². The Morgan fingerprint density at radius 2 is 1.71 bits per heavy atom. The lowest BCUT2D eigenvalue weighted by atomic mass is 9.62. The lowest BCUT2D eigenvalue weighted by Crippen LogP contribution is -2.36. The van der Waals surface area contributed by atoms with Crippen molar-refractivity contribution in [1.82, 2.24) is 9.97 Å². The first-order valence-electron chi connectivity index (χ1n) is 9.71. The van der Waals surface area contributed by atoms with Crippen molar-refractivity contribution < 1.29 is 0 Å². The summed E-state index contributed by atoms with van der Waals surface area (Å²) in [6, 6.07) is 8.84. The molecular formula is C21H29N3. The monoisotopic (exact) mass is 323 g/mol. The zero-order valence-electron chi connectivity index (χ0n) is 14.8. The maximum atomic E-state index is 4.50. The highest BCUT2D eigenvalue weighted by Crippen LogP contribution is 2.48. The van der Waals surface area contributed by atoms with E-state index < -0.39 is 0 Å². The van der Waals surface area contributed by atoms with Gasteiger partial charge in [0.05, 0.1) is 5.52 Å². The second-order valence-electron chi connectivity index (χ2n) is 8.15. The molecule has 2 saturated carbocycles. The topological polar surface area (TPSA) is 37.8 Å². The highest BCUT2D eigenvalue weighted by atomic mass is 15.0. The van der Waals surface area contributed by atoms with Crippen LogP contribution in [0.5, 0.6) is 0 Å². The summed E-state index contributed by atoms with van der Waals surface area (Å²) in [6.45, 7) is 2.56. The van der Waals surface area contributed by atoms with E-state index in [1.54, 1.807) is 6.33 Å². The molecule has 0 aliphatic heterocycles. The molecule has 0 amide bonds. The molecule has 3 nitrogen and oxygen atoms in total. The van der Waals surface area contributed by atoms with Crippen LogP contribution in [-0.2, 0) is 0 Å². The standard InChI is InChI=1S/C21H29N3/c1-21(13-5-2-6-14-21)16-9-11-17(12-10-16)24-20-18-7-3-4-8-19(18)22-15-23-20/h3-4,7-8,15-17H,2,5-6,9-14H2,1H3,(H,22,23,24)/t16-,17+. The molecule has 0 spiro atoms. The summed E-state index contributed by atoms with van der Waals surface area (Å²) < 4.78 is 0. The Kier molecular flexibility index (Phi) is 4.43. The summed E-state index contributed by atoms with van der Waals surface area (Å²) in [4.78, 5) is 8.87. The van der Waals surface area contributed by atoms with Gasteiger partial charge in [-0.1, -0.05) is 38.3 Å². The molecule has 24 heavy (non-hydrogen) atoms. The predicted molar refractivity (Wildman–Crippen MR) is 100 cm³/mol. The van der Waals surface area contributed by atoms with Crippen LogP contribution in [0, 0.1) is 11.3 Å². The highest BCUT2D eigenvalue weighted by molar-refractivity contribution is 5.88. The number of nitrogens with zero attached hydrogens (tertiary/aromatic N) is 2. The number of benzene rings is 1. The molecule has 3 heteroatoms. The molecule has 1 heterocycles. The Morgan fingerprint density at radius 1 is 0.958 bits per heavy atom. The Hall–Kier alpha value is -1.64. The second-order valence-corrected chi connectivity index (χ2v) is 8.15. The quantitative estimate of drug-likeness (QED) is 0.802. The molecule has 2 aromatic rings. The number of para-hydroxylation sites is 1. The van der Waals surface area contributed by atoms with Gasteiger partial charge in [-0.25, -0.2) is 9.97 Å². The average molecular weight is 323 g/mol. The third-order valence-electron chi connectivity index (χ3n) is 6.59. The number of anilines is 1. The molecule has 2 aliphatic rings. The third-order valence-corrected chi connectivity index (χ3v) is 6.59. The molecular weight excluding hydrogens is 294 g/mol. The molecule has 2 fully saturated rings. The van der Waals surface area contributed by atoms with Gasteiger partial charge in [0.15, 0.2) is 0 Å². The number of fused-ring (bicyclic) bond motifs is 1. The molecule has 0 unspecified atom stereocenters. The van der Waals surface area contributed by atoms with Crippen molar-refractivity contribution in [3.8, 4) is 0 Å². The zero-order valence-corrected chi connectivity index (χ0v) is 14.8. The molecule has 0 saturated heterocycles. The Morgan fingerprint density at radius 3 is 2.50 bits per heavy atom. The Labute approximate surface area is 145 Å². The average Bonchev–Trinajstić information content (AvgIpc) is 2.63. The van der Waals surface area contributed by atoms with E-state index in [-0.39, 0.29) is 0 Å². The fourth-order valence-corrected chi connectivity index (χ4v) is 5.02. The van der Waals surface area contributed by atoms with Crippen molar-refractivity contribution in [2.24, 2.45) is 11.3 Å². The fourth-order valence-electron chi connectivity index (χ4n) is 5.02. The van der Waals surface area contributed by atoms with Crippen molar-refractivity contribution in [2.45, 2.75) is 70.8 Å². The van der Waals surface area contributed by atoms with Crippen LogP contribution >= 0.6 is 0 Å². The number of rotatable bonds is 3. The third kappa shape index (κ3) is 3.13. The van der Waals surface area contributed by atoms with Crippen molar-refractivity contribution in [3.05, 3.63) is 30.6 Å². The van der Waals surface area contributed by atoms with Gasteiger partial charge in [0.2, 0.25) is 0 Å². The van der Waals surface area contributed by atoms with Crippen LogP contribution in [0.15, 0.2) is 30.6 Å². The Bertz CT molecular complexity index is 677. The molecule has 1 N–H and O–H groups in total. The van der Waals surface area contributed by atoms with Gasteiger partial charge in [0.25, 0.3) is 0 Å². The SMILES string of the molecule is CC1([C@H]2CC[C@@H](Nc3ncnc4ccccc34)CC2)CCCCC1. The highest BCUT2D eigenvalue weighted by Gasteiger charge is 2.37. The van der Waals surface area contributed by atoms with Gasteiger partial charge < -0.3 is 5.32 Å². The van der Waals surface area contributed by atoms with Crippen LogP contribution < -0.4 is 5.32 Å². The largest absolute Gasteiger partial charge is 0.367 e. The summed E-state index contributed by atoms with van der Waals surface area (Å²) in [5, 5.41) is 4.85. The maximum absolute atomic E-state index is 4.50. The lowest BCUT2D eigenvalue weighted by Gasteiger charge is -2.44. The Balaban J connectivity index is 1.41. The minimum atomic E-state index is 0.562. The van der Waals surface area contributed by atoms with Gasteiger partial charge in [-0.05, 0) is 62.0 Å². The van der Waals surface area contributed by atoms with Crippen LogP contribution in [-0.4, -0.2) is 16.0 Å². The van der Waals surface area contributed by atoms with Gasteiger partial charge in [-0.2, -0.15) is 0 Å². The minimum absolute atomic E-state index is 0.562. The van der Waals surface area contributed by atoms with Gasteiger partial charge in [0.1, 0.15) is 12.1 Å². The van der Waals surface area contributed by atoms with Crippen LogP contribution in [0.4, 0.5) is 5.82 Å². The molecule has 2 aliphatic carbocycles. The number of hydrogen-bond acceptors (Lipinski definition) is 3. The van der Waals surface area contributed by atoms with Gasteiger partial charge in [-0.15, -0.1) is 0 Å². The van der Waals surface area contributed by atoms with Gasteiger partial charge >= 0.3 is 0 Å². The molecule has 128 valence electrons. The first-order valence-corrected chi connectivity index (χ1v) is 9.71. The second kappa shape index (κ2) is 6.70. The van der Waals surface area contributed by atoms with E-state index in [0.717, 1.165) is 22.6 Å². The maximum Gasteiger partial charge on any atom is 0.137 e.